The molecule has 0 atom stereocenters. The predicted molar refractivity (Wildman–Crippen MR) is 103 cm³/mol. The molecular formula is C19H24F3N3O4S. The summed E-state index contributed by atoms with van der Waals surface area (Å²) < 4.78 is 64.2. The van der Waals surface area contributed by atoms with Crippen LogP contribution in [0.25, 0.3) is 0 Å². The van der Waals surface area contributed by atoms with Gasteiger partial charge in [-0.15, -0.1) is 0 Å². The van der Waals surface area contributed by atoms with Crippen LogP contribution < -0.4 is 10.0 Å². The Hall–Kier alpha value is -2.14. The second kappa shape index (κ2) is 8.93. The fraction of sp³-hybridized carbons (Fsp3) is 0.579. The van der Waals surface area contributed by atoms with Crippen LogP contribution in [0.15, 0.2) is 24.3 Å². The topological polar surface area (TPSA) is 95.6 Å². The van der Waals surface area contributed by atoms with Gasteiger partial charge in [-0.1, -0.05) is 6.07 Å². The number of amides is 2. The van der Waals surface area contributed by atoms with E-state index >= 15 is 0 Å². The molecule has 166 valence electrons. The molecule has 1 saturated heterocycles. The van der Waals surface area contributed by atoms with Crippen molar-refractivity contribution < 1.29 is 31.2 Å². The highest BCUT2D eigenvalue weighted by molar-refractivity contribution is 7.90. The van der Waals surface area contributed by atoms with Crippen molar-refractivity contribution in [3.63, 3.8) is 0 Å². The summed E-state index contributed by atoms with van der Waals surface area (Å²) in [4.78, 5) is 25.9. The fourth-order valence-corrected chi connectivity index (χ4v) is 4.65. The number of hydrogen-bond acceptors (Lipinski definition) is 4. The SMILES string of the molecule is O=C(NCC1CCN(C(=O)CNS(=O)(=O)C2CC2)CC1)c1cccc(C(F)(F)F)c1. The third-order valence-corrected chi connectivity index (χ3v) is 7.25. The Labute approximate surface area is 173 Å². The number of nitrogens with zero attached hydrogens (tertiary/aromatic N) is 1. The van der Waals surface area contributed by atoms with Gasteiger partial charge in [-0.25, -0.2) is 13.1 Å². The monoisotopic (exact) mass is 447 g/mol. The Kier molecular flexibility index (Phi) is 6.71. The molecular weight excluding hydrogens is 423 g/mol. The second-order valence-corrected chi connectivity index (χ2v) is 9.72. The lowest BCUT2D eigenvalue weighted by molar-refractivity contribution is -0.137. The first kappa shape index (κ1) is 22.5. The Bertz CT molecular complexity index is 893. The molecule has 1 aliphatic carbocycles. The molecule has 1 aromatic carbocycles. The normalized spacial score (nSPS) is 18.3. The number of sulfonamides is 1. The van der Waals surface area contributed by atoms with E-state index in [9.17, 15) is 31.2 Å². The zero-order valence-electron chi connectivity index (χ0n) is 16.2. The van der Waals surface area contributed by atoms with Gasteiger partial charge < -0.3 is 10.2 Å². The van der Waals surface area contributed by atoms with Gasteiger partial charge in [0.15, 0.2) is 0 Å². The molecule has 0 unspecified atom stereocenters. The van der Waals surface area contributed by atoms with Crippen LogP contribution in [0.4, 0.5) is 13.2 Å². The summed E-state index contributed by atoms with van der Waals surface area (Å²) in [5, 5.41) is 2.28. The molecule has 0 spiro atoms. The highest BCUT2D eigenvalue weighted by atomic mass is 32.2. The van der Waals surface area contributed by atoms with Gasteiger partial charge in [-0.3, -0.25) is 9.59 Å². The van der Waals surface area contributed by atoms with Crippen molar-refractivity contribution in [2.45, 2.75) is 37.1 Å². The number of carbonyl (C=O) groups excluding carboxylic acids is 2. The van der Waals surface area contributed by atoms with E-state index in [-0.39, 0.29) is 29.2 Å². The molecule has 0 aromatic heterocycles. The standard InChI is InChI=1S/C19H24F3N3O4S/c20-19(21,22)15-3-1-2-14(10-15)18(27)23-11-13-6-8-25(9-7-13)17(26)12-24-30(28,29)16-4-5-16/h1-3,10,13,16,24H,4-9,11-12H2,(H,23,27). The van der Waals surface area contributed by atoms with Crippen LogP contribution in [0, 0.1) is 5.92 Å². The van der Waals surface area contributed by atoms with Gasteiger partial charge in [0, 0.05) is 25.2 Å². The van der Waals surface area contributed by atoms with Crippen LogP contribution >= 0.6 is 0 Å². The third-order valence-electron chi connectivity index (χ3n) is 5.36. The lowest BCUT2D eigenvalue weighted by atomic mass is 9.96. The number of rotatable bonds is 7. The summed E-state index contributed by atoms with van der Waals surface area (Å²) in [6, 6.07) is 4.25. The Balaban J connectivity index is 1.41. The van der Waals surface area contributed by atoms with Gasteiger partial charge in [0.2, 0.25) is 15.9 Å². The number of piperidine rings is 1. The summed E-state index contributed by atoms with van der Waals surface area (Å²) >= 11 is 0. The first-order valence-electron chi connectivity index (χ1n) is 9.78. The Morgan fingerprint density at radius 3 is 2.37 bits per heavy atom. The van der Waals surface area contributed by atoms with Crippen LogP contribution in [0.5, 0.6) is 0 Å². The summed E-state index contributed by atoms with van der Waals surface area (Å²) in [5.41, 5.74) is -0.931. The number of halogens is 3. The van der Waals surface area contributed by atoms with Crippen LogP contribution in [0.3, 0.4) is 0 Å². The lowest BCUT2D eigenvalue weighted by Gasteiger charge is -2.32. The van der Waals surface area contributed by atoms with E-state index in [4.69, 9.17) is 0 Å². The Morgan fingerprint density at radius 2 is 1.77 bits per heavy atom. The van der Waals surface area contributed by atoms with E-state index < -0.39 is 27.7 Å². The quantitative estimate of drug-likeness (QED) is 0.666. The summed E-state index contributed by atoms with van der Waals surface area (Å²) in [6.45, 7) is 0.920. The number of likely N-dealkylation sites (tertiary alicyclic amines) is 1. The van der Waals surface area contributed by atoms with E-state index in [0.717, 1.165) is 12.1 Å². The molecule has 11 heteroatoms. The average Bonchev–Trinajstić information content (AvgIpc) is 3.56. The van der Waals surface area contributed by atoms with Gasteiger partial charge in [0.05, 0.1) is 17.4 Å². The summed E-state index contributed by atoms with van der Waals surface area (Å²) in [6.07, 6.45) is -2.03. The van der Waals surface area contributed by atoms with Crippen molar-refractivity contribution in [1.82, 2.24) is 14.9 Å². The maximum Gasteiger partial charge on any atom is 0.416 e. The Morgan fingerprint density at radius 1 is 1.10 bits per heavy atom. The summed E-state index contributed by atoms with van der Waals surface area (Å²) in [7, 11) is -3.40. The van der Waals surface area contributed by atoms with Crippen molar-refractivity contribution in [3.8, 4) is 0 Å². The van der Waals surface area contributed by atoms with E-state index in [1.54, 1.807) is 4.90 Å². The van der Waals surface area contributed by atoms with Gasteiger partial charge in [0.25, 0.3) is 5.91 Å². The third kappa shape index (κ3) is 5.94. The van der Waals surface area contributed by atoms with Crippen molar-refractivity contribution in [3.05, 3.63) is 35.4 Å². The van der Waals surface area contributed by atoms with Crippen LogP contribution in [-0.2, 0) is 21.0 Å². The first-order chi connectivity index (χ1) is 14.1. The molecule has 1 heterocycles. The maximum absolute atomic E-state index is 12.8. The van der Waals surface area contributed by atoms with E-state index in [2.05, 4.69) is 10.0 Å². The van der Waals surface area contributed by atoms with E-state index in [1.165, 1.54) is 12.1 Å². The smallest absolute Gasteiger partial charge is 0.352 e. The average molecular weight is 447 g/mol. The number of nitrogens with one attached hydrogen (secondary N) is 2. The molecule has 2 fully saturated rings. The van der Waals surface area contributed by atoms with Gasteiger partial charge in [-0.05, 0) is 49.8 Å². The minimum absolute atomic E-state index is 0.0552. The summed E-state index contributed by atoms with van der Waals surface area (Å²) in [5.74, 6) is -0.772. The molecule has 0 bridgehead atoms. The minimum Gasteiger partial charge on any atom is -0.352 e. The predicted octanol–water partition coefficient (Wildman–Crippen LogP) is 1.76. The molecule has 30 heavy (non-hydrogen) atoms. The zero-order valence-corrected chi connectivity index (χ0v) is 17.1. The van der Waals surface area contributed by atoms with Crippen LogP contribution in [-0.4, -0.2) is 56.6 Å². The molecule has 0 radical (unpaired) electrons. The fourth-order valence-electron chi connectivity index (χ4n) is 3.33. The molecule has 2 N–H and O–H groups in total. The number of hydrogen-bond donors (Lipinski definition) is 2. The molecule has 1 saturated carbocycles. The largest absolute Gasteiger partial charge is 0.416 e. The molecule has 1 aliphatic heterocycles. The van der Waals surface area contributed by atoms with Crippen LogP contribution in [0.2, 0.25) is 0 Å². The maximum atomic E-state index is 12.8. The van der Waals surface area contributed by atoms with Crippen LogP contribution in [0.1, 0.15) is 41.6 Å². The number of carbonyl (C=O) groups is 2. The highest BCUT2D eigenvalue weighted by Crippen LogP contribution is 2.29. The molecule has 3 rings (SSSR count). The van der Waals surface area contributed by atoms with Crippen molar-refractivity contribution >= 4 is 21.8 Å². The van der Waals surface area contributed by atoms with Crippen molar-refractivity contribution in [2.24, 2.45) is 5.92 Å². The van der Waals surface area contributed by atoms with E-state index in [1.807, 2.05) is 0 Å². The van der Waals surface area contributed by atoms with Crippen molar-refractivity contribution in [2.75, 3.05) is 26.2 Å². The molecule has 7 nitrogen and oxygen atoms in total. The van der Waals surface area contributed by atoms with Gasteiger partial charge in [0.1, 0.15) is 0 Å². The van der Waals surface area contributed by atoms with Crippen molar-refractivity contribution in [1.29, 1.82) is 0 Å². The number of alkyl halides is 3. The minimum atomic E-state index is -4.51. The molecule has 2 aliphatic rings. The van der Waals surface area contributed by atoms with E-state index in [0.29, 0.717) is 45.3 Å². The molecule has 1 aromatic rings. The molecule has 2 amide bonds. The second-order valence-electron chi connectivity index (χ2n) is 7.68. The van der Waals surface area contributed by atoms with Gasteiger partial charge >= 0.3 is 6.18 Å². The first-order valence-corrected chi connectivity index (χ1v) is 11.3. The number of benzene rings is 1. The zero-order chi connectivity index (χ0) is 21.9. The lowest BCUT2D eigenvalue weighted by Crippen LogP contribution is -2.46. The van der Waals surface area contributed by atoms with Gasteiger partial charge in [-0.2, -0.15) is 13.2 Å². The highest BCUT2D eigenvalue weighted by Gasteiger charge is 2.36.